The van der Waals surface area contributed by atoms with Crippen LogP contribution in [0.2, 0.25) is 0 Å². The van der Waals surface area contributed by atoms with Crippen LogP contribution in [0.25, 0.3) is 0 Å². The molecular weight excluding hydrogens is 388 g/mol. The van der Waals surface area contributed by atoms with Gasteiger partial charge in [0.15, 0.2) is 5.82 Å². The number of nitrogens with one attached hydrogen (secondary N) is 1. The van der Waals surface area contributed by atoms with Gasteiger partial charge in [0.25, 0.3) is 11.8 Å². The lowest BCUT2D eigenvalue weighted by Crippen LogP contribution is -2.33. The smallest absolute Gasteiger partial charge is 0.263 e. The Balaban J connectivity index is 1.33. The number of ether oxygens (including phenoxy) is 1. The number of amides is 1. The number of aromatic nitrogens is 2. The summed E-state index contributed by atoms with van der Waals surface area (Å²) >= 11 is 0. The Morgan fingerprint density at radius 1 is 1.13 bits per heavy atom. The number of benzene rings is 1. The summed E-state index contributed by atoms with van der Waals surface area (Å²) in [5.41, 5.74) is 2.10. The third-order valence-electron chi connectivity index (χ3n) is 6.18. The molecule has 0 bridgehead atoms. The minimum absolute atomic E-state index is 0.0504. The number of hydrogen-bond acceptors (Lipinski definition) is 5. The first-order valence-corrected chi connectivity index (χ1v) is 11.5. The van der Waals surface area contributed by atoms with Crippen LogP contribution < -0.4 is 15.0 Å². The van der Waals surface area contributed by atoms with E-state index in [1.54, 1.807) is 24.5 Å². The first-order valence-electron chi connectivity index (χ1n) is 11.5. The predicted molar refractivity (Wildman–Crippen MR) is 123 cm³/mol. The van der Waals surface area contributed by atoms with Crippen LogP contribution in [0.3, 0.4) is 0 Å². The number of hydrogen-bond donors (Lipinski definition) is 1. The highest BCUT2D eigenvalue weighted by Crippen LogP contribution is 2.31. The molecule has 2 heterocycles. The van der Waals surface area contributed by atoms with Gasteiger partial charge in [-0.25, -0.2) is 9.97 Å². The molecule has 1 N–H and O–H groups in total. The number of piperidine rings is 1. The van der Waals surface area contributed by atoms with Crippen molar-refractivity contribution in [3.63, 3.8) is 0 Å². The highest BCUT2D eigenvalue weighted by Gasteiger charge is 2.21. The van der Waals surface area contributed by atoms with Crippen LogP contribution in [-0.4, -0.2) is 35.5 Å². The molecule has 31 heavy (non-hydrogen) atoms. The zero-order valence-corrected chi connectivity index (χ0v) is 18.3. The van der Waals surface area contributed by atoms with Crippen molar-refractivity contribution in [3.8, 4) is 11.6 Å². The number of nitrogens with zero attached hydrogens (tertiary/aromatic N) is 3. The van der Waals surface area contributed by atoms with Crippen LogP contribution in [0, 0.1) is 5.92 Å². The summed E-state index contributed by atoms with van der Waals surface area (Å²) in [6, 6.07) is 7.22. The Kier molecular flexibility index (Phi) is 7.18. The lowest BCUT2D eigenvalue weighted by molar-refractivity contribution is 0.0954. The van der Waals surface area contributed by atoms with Crippen LogP contribution in [0.1, 0.15) is 62.2 Å². The van der Waals surface area contributed by atoms with Crippen molar-refractivity contribution < 1.29 is 9.53 Å². The van der Waals surface area contributed by atoms with Gasteiger partial charge >= 0.3 is 0 Å². The summed E-state index contributed by atoms with van der Waals surface area (Å²) < 4.78 is 6.03. The van der Waals surface area contributed by atoms with E-state index >= 15 is 0 Å². The maximum Gasteiger partial charge on any atom is 0.263 e. The zero-order chi connectivity index (χ0) is 21.5. The Bertz CT molecular complexity index is 902. The van der Waals surface area contributed by atoms with E-state index in [9.17, 15) is 4.79 Å². The molecule has 1 amide bonds. The molecule has 1 aromatic heterocycles. The van der Waals surface area contributed by atoms with E-state index in [4.69, 9.17) is 4.74 Å². The second-order valence-electron chi connectivity index (χ2n) is 8.60. The number of anilines is 1. The highest BCUT2D eigenvalue weighted by atomic mass is 16.5. The average Bonchev–Trinajstić information content (AvgIpc) is 2.81. The molecule has 0 saturated carbocycles. The minimum atomic E-state index is -0.0504. The van der Waals surface area contributed by atoms with Crippen molar-refractivity contribution in [2.24, 2.45) is 5.92 Å². The van der Waals surface area contributed by atoms with Gasteiger partial charge in [-0.3, -0.25) is 4.79 Å². The van der Waals surface area contributed by atoms with Crippen LogP contribution in [0.5, 0.6) is 11.6 Å². The van der Waals surface area contributed by atoms with Crippen molar-refractivity contribution in [1.82, 2.24) is 15.3 Å². The monoisotopic (exact) mass is 420 g/mol. The summed E-state index contributed by atoms with van der Waals surface area (Å²) in [6.45, 7) is 4.90. The third kappa shape index (κ3) is 5.84. The standard InChI is InChI=1S/C25H32N4O2/c1-19-12-17-29(18-13-19)23-25(28-16-15-26-23)31-22-9-7-21(8-10-22)24(30)27-14-11-20-5-3-2-4-6-20/h5,7-10,15-16,19H,2-4,6,11-14,17-18H2,1H3,(H,27,30). The fourth-order valence-corrected chi connectivity index (χ4v) is 4.18. The van der Waals surface area contributed by atoms with Crippen molar-refractivity contribution in [2.45, 2.75) is 51.9 Å². The van der Waals surface area contributed by atoms with E-state index in [2.05, 4.69) is 33.2 Å². The molecular formula is C25H32N4O2. The van der Waals surface area contributed by atoms with Gasteiger partial charge in [0, 0.05) is 37.6 Å². The number of carbonyl (C=O) groups is 1. The van der Waals surface area contributed by atoms with Crippen molar-refractivity contribution in [1.29, 1.82) is 0 Å². The number of allylic oxidation sites excluding steroid dienone is 1. The molecule has 2 aromatic rings. The quantitative estimate of drug-likeness (QED) is 0.629. The molecule has 4 rings (SSSR count). The maximum absolute atomic E-state index is 12.4. The normalized spacial score (nSPS) is 17.2. The third-order valence-corrected chi connectivity index (χ3v) is 6.18. The molecule has 6 heteroatoms. The molecule has 1 fully saturated rings. The molecule has 0 atom stereocenters. The van der Waals surface area contributed by atoms with Crippen LogP contribution in [-0.2, 0) is 0 Å². The highest BCUT2D eigenvalue weighted by molar-refractivity contribution is 5.94. The lowest BCUT2D eigenvalue weighted by atomic mass is 9.97. The summed E-state index contributed by atoms with van der Waals surface area (Å²) in [5, 5.41) is 3.02. The van der Waals surface area contributed by atoms with E-state index in [0.29, 0.717) is 23.7 Å². The predicted octanol–water partition coefficient (Wildman–Crippen LogP) is 5.13. The van der Waals surface area contributed by atoms with Gasteiger partial charge in [0.05, 0.1) is 0 Å². The van der Waals surface area contributed by atoms with E-state index in [0.717, 1.165) is 44.1 Å². The molecule has 0 radical (unpaired) electrons. The first-order chi connectivity index (χ1) is 15.2. The molecule has 1 aromatic carbocycles. The zero-order valence-electron chi connectivity index (χ0n) is 18.3. The van der Waals surface area contributed by atoms with Gasteiger partial charge in [-0.05, 0) is 75.1 Å². The first kappa shape index (κ1) is 21.3. The largest absolute Gasteiger partial charge is 0.436 e. The van der Waals surface area contributed by atoms with Gasteiger partial charge < -0.3 is 15.0 Å². The number of rotatable bonds is 7. The van der Waals surface area contributed by atoms with Crippen LogP contribution in [0.4, 0.5) is 5.82 Å². The molecule has 2 aliphatic rings. The Morgan fingerprint density at radius 3 is 2.65 bits per heavy atom. The molecule has 1 saturated heterocycles. The second kappa shape index (κ2) is 10.4. The minimum Gasteiger partial charge on any atom is -0.436 e. The van der Waals surface area contributed by atoms with E-state index in [1.165, 1.54) is 31.3 Å². The van der Waals surface area contributed by atoms with E-state index < -0.39 is 0 Å². The summed E-state index contributed by atoms with van der Waals surface area (Å²) in [7, 11) is 0. The molecule has 0 unspecified atom stereocenters. The molecule has 0 spiro atoms. The average molecular weight is 421 g/mol. The fourth-order valence-electron chi connectivity index (χ4n) is 4.18. The van der Waals surface area contributed by atoms with Gasteiger partial charge in [-0.2, -0.15) is 0 Å². The molecule has 6 nitrogen and oxygen atoms in total. The molecule has 1 aliphatic heterocycles. The van der Waals surface area contributed by atoms with Gasteiger partial charge in [0.2, 0.25) is 0 Å². The lowest BCUT2D eigenvalue weighted by Gasteiger charge is -2.31. The molecule has 1 aliphatic carbocycles. The van der Waals surface area contributed by atoms with Gasteiger partial charge in [-0.1, -0.05) is 18.6 Å². The van der Waals surface area contributed by atoms with Crippen molar-refractivity contribution >= 4 is 11.7 Å². The summed E-state index contributed by atoms with van der Waals surface area (Å²) in [5.74, 6) is 2.64. The Morgan fingerprint density at radius 2 is 1.90 bits per heavy atom. The fraction of sp³-hybridized carbons (Fsp3) is 0.480. The SMILES string of the molecule is CC1CCN(c2nccnc2Oc2ccc(C(=O)NCCC3=CCCCC3)cc2)CC1. The van der Waals surface area contributed by atoms with Gasteiger partial charge in [-0.15, -0.1) is 0 Å². The van der Waals surface area contributed by atoms with Crippen molar-refractivity contribution in [2.75, 3.05) is 24.5 Å². The Hall–Kier alpha value is -2.89. The number of carbonyl (C=O) groups excluding carboxylic acids is 1. The van der Waals surface area contributed by atoms with Crippen LogP contribution in [0.15, 0.2) is 48.3 Å². The summed E-state index contributed by atoms with van der Waals surface area (Å²) in [6.07, 6.45) is 13.8. The molecule has 164 valence electrons. The van der Waals surface area contributed by atoms with Crippen molar-refractivity contribution in [3.05, 3.63) is 53.9 Å². The Labute approximate surface area is 184 Å². The summed E-state index contributed by atoms with van der Waals surface area (Å²) in [4.78, 5) is 23.6. The van der Waals surface area contributed by atoms with E-state index in [1.807, 2.05) is 12.1 Å². The van der Waals surface area contributed by atoms with E-state index in [-0.39, 0.29) is 5.91 Å². The maximum atomic E-state index is 12.4. The second-order valence-corrected chi connectivity index (χ2v) is 8.60. The van der Waals surface area contributed by atoms with Crippen LogP contribution >= 0.6 is 0 Å². The van der Waals surface area contributed by atoms with Gasteiger partial charge in [0.1, 0.15) is 5.75 Å². The topological polar surface area (TPSA) is 67.3 Å².